The number of carbonyl (C=O) groups excluding carboxylic acids is 1. The van der Waals surface area contributed by atoms with Gasteiger partial charge in [0.1, 0.15) is 18.3 Å². The molecule has 1 aliphatic heterocycles. The summed E-state index contributed by atoms with van der Waals surface area (Å²) in [5.74, 6) is -0.434. The third-order valence-electron chi connectivity index (χ3n) is 4.08. The second kappa shape index (κ2) is 10.2. The number of phenols is 1. The molecule has 11 nitrogen and oxygen atoms in total. The molecule has 1 aliphatic rings. The van der Waals surface area contributed by atoms with E-state index < -0.39 is 45.1 Å². The van der Waals surface area contributed by atoms with E-state index in [1.165, 1.54) is 18.2 Å². The molecule has 0 bridgehead atoms. The number of aliphatic hydroxyl groups excluding tert-OH is 3. The van der Waals surface area contributed by atoms with Crippen molar-refractivity contribution in [1.82, 2.24) is 5.32 Å². The van der Waals surface area contributed by atoms with E-state index in [-0.39, 0.29) is 24.1 Å². The van der Waals surface area contributed by atoms with E-state index in [1.54, 1.807) is 6.92 Å². The Morgan fingerprint density at radius 3 is 2.54 bits per heavy atom. The van der Waals surface area contributed by atoms with Crippen molar-refractivity contribution < 1.29 is 44.5 Å². The first-order chi connectivity index (χ1) is 13.2. The van der Waals surface area contributed by atoms with Crippen LogP contribution in [0.4, 0.5) is 10.5 Å². The number of carbonyl (C=O) groups is 1. The highest BCUT2D eigenvalue weighted by molar-refractivity contribution is 7.45. The lowest BCUT2D eigenvalue weighted by Gasteiger charge is -2.40. The van der Waals surface area contributed by atoms with Gasteiger partial charge in [0.25, 0.3) is 0 Å². The molecular formula is C16H25N2O9P. The average Bonchev–Trinajstić information content (AvgIpc) is 2.63. The molecule has 3 unspecified atom stereocenters. The van der Waals surface area contributed by atoms with Crippen LogP contribution >= 0.6 is 8.38 Å². The highest BCUT2D eigenvalue weighted by atomic mass is 31.2. The third kappa shape index (κ3) is 5.89. The van der Waals surface area contributed by atoms with E-state index in [2.05, 4.69) is 10.6 Å². The molecule has 0 spiro atoms. The minimum Gasteiger partial charge on any atom is -0.504 e. The zero-order valence-electron chi connectivity index (χ0n) is 15.1. The molecule has 0 aromatic heterocycles. The molecule has 1 heterocycles. The number of nitrogens with one attached hydrogen (secondary N) is 2. The van der Waals surface area contributed by atoms with Crippen molar-refractivity contribution >= 4 is 20.1 Å². The SMILES string of the molecule is CCNC(=O)Nc1ccc(O[C@H]2OC(CCP(O)O)[C@@H](O)C(O)C2O)c(O)c1. The van der Waals surface area contributed by atoms with Crippen LogP contribution < -0.4 is 15.4 Å². The van der Waals surface area contributed by atoms with E-state index in [1.807, 2.05) is 0 Å². The fourth-order valence-electron chi connectivity index (χ4n) is 2.65. The number of aliphatic hydroxyl groups is 3. The lowest BCUT2D eigenvalue weighted by molar-refractivity contribution is -0.272. The van der Waals surface area contributed by atoms with Crippen LogP contribution in [-0.2, 0) is 4.74 Å². The van der Waals surface area contributed by atoms with Gasteiger partial charge in [0.05, 0.1) is 6.10 Å². The maximum atomic E-state index is 11.5. The van der Waals surface area contributed by atoms with E-state index in [9.17, 15) is 25.2 Å². The van der Waals surface area contributed by atoms with Gasteiger partial charge in [-0.2, -0.15) is 0 Å². The fraction of sp³-hybridized carbons (Fsp3) is 0.562. The minimum absolute atomic E-state index is 0.0187. The van der Waals surface area contributed by atoms with Crippen LogP contribution in [0.15, 0.2) is 18.2 Å². The Balaban J connectivity index is 2.06. The fourth-order valence-corrected chi connectivity index (χ4v) is 3.14. The molecule has 1 fully saturated rings. The maximum Gasteiger partial charge on any atom is 0.319 e. The molecule has 2 rings (SSSR count). The molecule has 1 aromatic rings. The Bertz CT molecular complexity index is 663. The van der Waals surface area contributed by atoms with Crippen LogP contribution in [0, 0.1) is 0 Å². The first-order valence-electron chi connectivity index (χ1n) is 8.62. The minimum atomic E-state index is -2.21. The maximum absolute atomic E-state index is 11.5. The summed E-state index contributed by atoms with van der Waals surface area (Å²) in [6.45, 7) is 2.18. The van der Waals surface area contributed by atoms with E-state index in [4.69, 9.17) is 19.3 Å². The second-order valence-corrected chi connectivity index (χ2v) is 7.38. The molecule has 1 aromatic carbocycles. The molecule has 0 aliphatic carbocycles. The van der Waals surface area contributed by atoms with Crippen molar-refractivity contribution in [2.75, 3.05) is 18.0 Å². The van der Waals surface area contributed by atoms with E-state index in [0.717, 1.165) is 0 Å². The van der Waals surface area contributed by atoms with Gasteiger partial charge >= 0.3 is 6.03 Å². The first kappa shape index (κ1) is 22.6. The molecule has 28 heavy (non-hydrogen) atoms. The van der Waals surface area contributed by atoms with Gasteiger partial charge in [-0.15, -0.1) is 0 Å². The third-order valence-corrected chi connectivity index (χ3v) is 4.74. The molecule has 2 amide bonds. The van der Waals surface area contributed by atoms with Gasteiger partial charge in [0.15, 0.2) is 19.9 Å². The van der Waals surface area contributed by atoms with Gasteiger partial charge in [-0.1, -0.05) is 0 Å². The number of hydrogen-bond acceptors (Lipinski definition) is 9. The van der Waals surface area contributed by atoms with Crippen LogP contribution in [0.2, 0.25) is 0 Å². The number of amides is 2. The summed E-state index contributed by atoms with van der Waals surface area (Å²) >= 11 is 0. The Morgan fingerprint density at radius 2 is 1.93 bits per heavy atom. The Hall–Kier alpha value is -1.72. The highest BCUT2D eigenvalue weighted by Gasteiger charge is 2.45. The number of ether oxygens (including phenoxy) is 2. The molecule has 5 atom stereocenters. The normalized spacial score (nSPS) is 27.5. The quantitative estimate of drug-likeness (QED) is 0.267. The Morgan fingerprint density at radius 1 is 1.21 bits per heavy atom. The summed E-state index contributed by atoms with van der Waals surface area (Å²) in [7, 11) is -2.21. The molecular weight excluding hydrogens is 395 g/mol. The zero-order chi connectivity index (χ0) is 20.8. The highest BCUT2D eigenvalue weighted by Crippen LogP contribution is 2.34. The average molecular weight is 420 g/mol. The van der Waals surface area contributed by atoms with Gasteiger partial charge in [0, 0.05) is 24.5 Å². The number of anilines is 1. The predicted octanol–water partition coefficient (Wildman–Crippen LogP) is -0.593. The number of benzene rings is 1. The number of phenolic OH excluding ortho intramolecular Hbond substituents is 1. The van der Waals surface area contributed by atoms with Crippen molar-refractivity contribution in [2.24, 2.45) is 0 Å². The summed E-state index contributed by atoms with van der Waals surface area (Å²) in [5.41, 5.74) is 0.300. The molecule has 0 saturated carbocycles. The van der Waals surface area contributed by atoms with Gasteiger partial charge in [-0.05, 0) is 25.5 Å². The van der Waals surface area contributed by atoms with Crippen LogP contribution in [0.25, 0.3) is 0 Å². The monoisotopic (exact) mass is 420 g/mol. The van der Waals surface area contributed by atoms with Crippen LogP contribution in [0.1, 0.15) is 13.3 Å². The van der Waals surface area contributed by atoms with Gasteiger partial charge in [0.2, 0.25) is 6.29 Å². The number of rotatable bonds is 7. The summed E-state index contributed by atoms with van der Waals surface area (Å²) < 4.78 is 10.9. The second-order valence-electron chi connectivity index (χ2n) is 6.18. The summed E-state index contributed by atoms with van der Waals surface area (Å²) in [6, 6.07) is 3.56. The van der Waals surface area contributed by atoms with Crippen LogP contribution in [0.3, 0.4) is 0 Å². The van der Waals surface area contributed by atoms with E-state index >= 15 is 0 Å². The van der Waals surface area contributed by atoms with E-state index in [0.29, 0.717) is 12.2 Å². The van der Waals surface area contributed by atoms with Crippen molar-refractivity contribution in [1.29, 1.82) is 0 Å². The molecule has 8 N–H and O–H groups in total. The smallest absolute Gasteiger partial charge is 0.319 e. The topological polar surface area (TPSA) is 181 Å². The summed E-state index contributed by atoms with van der Waals surface area (Å²) in [5, 5.41) is 45.2. The zero-order valence-corrected chi connectivity index (χ0v) is 16.0. The molecule has 158 valence electrons. The lowest BCUT2D eigenvalue weighted by Crippen LogP contribution is -2.59. The summed E-state index contributed by atoms with van der Waals surface area (Å²) in [6.07, 6.45) is -7.10. The molecule has 12 heteroatoms. The van der Waals surface area contributed by atoms with Crippen molar-refractivity contribution in [3.8, 4) is 11.5 Å². The molecule has 1 saturated heterocycles. The summed E-state index contributed by atoms with van der Waals surface area (Å²) in [4.78, 5) is 29.5. The van der Waals surface area contributed by atoms with Crippen LogP contribution in [0.5, 0.6) is 11.5 Å². The predicted molar refractivity (Wildman–Crippen MR) is 99.0 cm³/mol. The standard InChI is InChI=1S/C16H25N2O9P/c1-2-17-16(23)18-8-3-4-10(9(19)7-8)26-15-14(22)13(21)12(20)11(27-15)5-6-28(24)25/h3-4,7,11-15,19-22,24-25H,2,5-6H2,1H3,(H2,17,18,23)/t11?,12-,13?,14?,15+/m1/s1. The number of aromatic hydroxyl groups is 1. The Labute approximate surface area is 162 Å². The number of hydrogen-bond donors (Lipinski definition) is 8. The first-order valence-corrected chi connectivity index (χ1v) is 10.1. The van der Waals surface area contributed by atoms with Crippen LogP contribution in [-0.4, -0.2) is 79.7 Å². The van der Waals surface area contributed by atoms with Gasteiger partial charge < -0.3 is 50.3 Å². The van der Waals surface area contributed by atoms with Gasteiger partial charge in [-0.25, -0.2) is 4.79 Å². The van der Waals surface area contributed by atoms with Gasteiger partial charge in [-0.3, -0.25) is 0 Å². The largest absolute Gasteiger partial charge is 0.504 e. The van der Waals surface area contributed by atoms with Crippen molar-refractivity contribution in [2.45, 2.75) is 44.1 Å². The van der Waals surface area contributed by atoms with Crippen molar-refractivity contribution in [3.05, 3.63) is 18.2 Å². The molecule has 0 radical (unpaired) electrons. The van der Waals surface area contributed by atoms with Crippen molar-refractivity contribution in [3.63, 3.8) is 0 Å². The number of urea groups is 1. The lowest BCUT2D eigenvalue weighted by atomic mass is 9.97. The Kier molecular flexibility index (Phi) is 8.20.